The fraction of sp³-hybridized carbons (Fsp3) is 0.333. The van der Waals surface area contributed by atoms with Crippen molar-refractivity contribution in [2.45, 2.75) is 13.5 Å². The van der Waals surface area contributed by atoms with Gasteiger partial charge in [-0.15, -0.1) is 0 Å². The summed E-state index contributed by atoms with van der Waals surface area (Å²) in [5.74, 6) is -0.978. The van der Waals surface area contributed by atoms with E-state index in [2.05, 4.69) is 20.9 Å². The molecular formula is C12H12BrFN2O4S. The molecule has 1 heterocycles. The number of H-pyrrole nitrogens is 1. The fourth-order valence-electron chi connectivity index (χ4n) is 1.83. The molecule has 1 N–H and O–H groups in total. The molecule has 1 aromatic carbocycles. The standard InChI is InChI=1S/C12H12BrFN2O4S/c1-2-21(19,20)4-3-16-11(17)7-5-8(13)9(14)6-10(7)15-12(16)18/h5-6H,2-4H2,1H3,(H,15,18). The van der Waals surface area contributed by atoms with E-state index in [1.807, 2.05) is 0 Å². The molecule has 1 aromatic heterocycles. The summed E-state index contributed by atoms with van der Waals surface area (Å²) >= 11 is 2.96. The van der Waals surface area contributed by atoms with E-state index in [-0.39, 0.29) is 33.4 Å². The molecule has 0 unspecified atom stereocenters. The second-order valence-corrected chi connectivity index (χ2v) is 7.76. The number of nitrogens with zero attached hydrogens (tertiary/aromatic N) is 1. The van der Waals surface area contributed by atoms with E-state index in [9.17, 15) is 22.4 Å². The maximum Gasteiger partial charge on any atom is 0.328 e. The summed E-state index contributed by atoms with van der Waals surface area (Å²) < 4.78 is 37.2. The van der Waals surface area contributed by atoms with E-state index in [4.69, 9.17) is 0 Å². The van der Waals surface area contributed by atoms with E-state index in [0.29, 0.717) is 0 Å². The van der Waals surface area contributed by atoms with Crippen LogP contribution in [0.1, 0.15) is 6.92 Å². The Morgan fingerprint density at radius 1 is 1.33 bits per heavy atom. The average Bonchev–Trinajstić information content (AvgIpc) is 2.41. The lowest BCUT2D eigenvalue weighted by Crippen LogP contribution is -2.37. The molecule has 114 valence electrons. The molecule has 0 spiro atoms. The van der Waals surface area contributed by atoms with Crippen LogP contribution < -0.4 is 11.2 Å². The minimum Gasteiger partial charge on any atom is -0.307 e. The van der Waals surface area contributed by atoms with Crippen molar-refractivity contribution in [2.24, 2.45) is 0 Å². The third kappa shape index (κ3) is 3.24. The summed E-state index contributed by atoms with van der Waals surface area (Å²) in [6, 6.07) is 2.29. The number of nitrogens with one attached hydrogen (secondary N) is 1. The molecule has 6 nitrogen and oxygen atoms in total. The zero-order chi connectivity index (χ0) is 15.8. The van der Waals surface area contributed by atoms with E-state index >= 15 is 0 Å². The predicted molar refractivity (Wildman–Crippen MR) is 80.8 cm³/mol. The van der Waals surface area contributed by atoms with Crippen LogP contribution in [-0.4, -0.2) is 29.5 Å². The van der Waals surface area contributed by atoms with Crippen LogP contribution in [0.2, 0.25) is 0 Å². The van der Waals surface area contributed by atoms with Gasteiger partial charge < -0.3 is 4.98 Å². The molecular weight excluding hydrogens is 367 g/mol. The fourth-order valence-corrected chi connectivity index (χ4v) is 2.92. The zero-order valence-electron chi connectivity index (χ0n) is 11.0. The maximum absolute atomic E-state index is 13.4. The van der Waals surface area contributed by atoms with Crippen molar-refractivity contribution >= 4 is 36.7 Å². The monoisotopic (exact) mass is 378 g/mol. The van der Waals surface area contributed by atoms with Gasteiger partial charge in [-0.3, -0.25) is 9.36 Å². The summed E-state index contributed by atoms with van der Waals surface area (Å²) in [7, 11) is -3.30. The number of sulfone groups is 1. The van der Waals surface area contributed by atoms with Crippen molar-refractivity contribution in [3.05, 3.63) is 43.3 Å². The second kappa shape index (κ2) is 5.72. The first-order valence-corrected chi connectivity index (χ1v) is 8.69. The van der Waals surface area contributed by atoms with Crippen LogP contribution in [0, 0.1) is 5.82 Å². The highest BCUT2D eigenvalue weighted by atomic mass is 79.9. The third-order valence-corrected chi connectivity index (χ3v) is 5.38. The van der Waals surface area contributed by atoms with Crippen molar-refractivity contribution in [3.63, 3.8) is 0 Å². The van der Waals surface area contributed by atoms with Crippen molar-refractivity contribution in [1.82, 2.24) is 9.55 Å². The number of halogens is 2. The topological polar surface area (TPSA) is 89.0 Å². The van der Waals surface area contributed by atoms with Crippen LogP contribution in [0.15, 0.2) is 26.2 Å². The maximum atomic E-state index is 13.4. The van der Waals surface area contributed by atoms with E-state index in [1.54, 1.807) is 0 Å². The molecule has 0 saturated heterocycles. The average molecular weight is 379 g/mol. The van der Waals surface area contributed by atoms with Gasteiger partial charge in [0.1, 0.15) is 5.82 Å². The Labute approximate surface area is 127 Å². The van der Waals surface area contributed by atoms with Crippen LogP contribution >= 0.6 is 15.9 Å². The Balaban J connectivity index is 2.58. The first-order valence-electron chi connectivity index (χ1n) is 6.07. The van der Waals surface area contributed by atoms with Crippen LogP contribution in [0.4, 0.5) is 4.39 Å². The lowest BCUT2D eigenvalue weighted by Gasteiger charge is -2.07. The normalized spacial score (nSPS) is 12.0. The second-order valence-electron chi connectivity index (χ2n) is 4.44. The molecule has 0 aliphatic carbocycles. The van der Waals surface area contributed by atoms with Gasteiger partial charge in [0.05, 0.1) is 21.1 Å². The van der Waals surface area contributed by atoms with Crippen molar-refractivity contribution in [3.8, 4) is 0 Å². The SMILES string of the molecule is CCS(=O)(=O)CCn1c(=O)[nH]c2cc(F)c(Br)cc2c1=O. The minimum absolute atomic E-state index is 0.0655. The number of aromatic amines is 1. The van der Waals surface area contributed by atoms with E-state index in [1.165, 1.54) is 13.0 Å². The van der Waals surface area contributed by atoms with Gasteiger partial charge in [0, 0.05) is 12.3 Å². The lowest BCUT2D eigenvalue weighted by atomic mass is 10.2. The molecule has 21 heavy (non-hydrogen) atoms. The summed E-state index contributed by atoms with van der Waals surface area (Å²) in [6.45, 7) is 1.25. The zero-order valence-corrected chi connectivity index (χ0v) is 13.4. The van der Waals surface area contributed by atoms with Crippen molar-refractivity contribution in [1.29, 1.82) is 0 Å². The van der Waals surface area contributed by atoms with Gasteiger partial charge in [-0.05, 0) is 28.1 Å². The molecule has 0 aliphatic heterocycles. The number of hydrogen-bond donors (Lipinski definition) is 1. The van der Waals surface area contributed by atoms with Crippen molar-refractivity contribution < 1.29 is 12.8 Å². The lowest BCUT2D eigenvalue weighted by molar-refractivity contribution is 0.585. The van der Waals surface area contributed by atoms with Crippen molar-refractivity contribution in [2.75, 3.05) is 11.5 Å². The highest BCUT2D eigenvalue weighted by Gasteiger charge is 2.13. The van der Waals surface area contributed by atoms with Crippen LogP contribution in [-0.2, 0) is 16.4 Å². The first-order chi connectivity index (χ1) is 9.75. The van der Waals surface area contributed by atoms with Gasteiger partial charge >= 0.3 is 5.69 Å². The number of hydrogen-bond acceptors (Lipinski definition) is 4. The Bertz CT molecular complexity index is 917. The molecule has 0 aliphatic rings. The first kappa shape index (κ1) is 15.9. The van der Waals surface area contributed by atoms with E-state index in [0.717, 1.165) is 10.6 Å². The number of aromatic nitrogens is 2. The molecule has 0 radical (unpaired) electrons. The Morgan fingerprint density at radius 2 is 2.00 bits per heavy atom. The summed E-state index contributed by atoms with van der Waals surface area (Å²) in [4.78, 5) is 26.4. The smallest absolute Gasteiger partial charge is 0.307 e. The van der Waals surface area contributed by atoms with Gasteiger partial charge in [0.15, 0.2) is 9.84 Å². The molecule has 0 fully saturated rings. The number of fused-ring (bicyclic) bond motifs is 1. The van der Waals surface area contributed by atoms with Crippen LogP contribution in [0.25, 0.3) is 10.9 Å². The Morgan fingerprint density at radius 3 is 2.62 bits per heavy atom. The van der Waals surface area contributed by atoms with Crippen LogP contribution in [0.3, 0.4) is 0 Å². The molecule has 0 amide bonds. The van der Waals surface area contributed by atoms with Gasteiger partial charge in [-0.1, -0.05) is 6.92 Å². The Kier molecular flexibility index (Phi) is 4.33. The summed E-state index contributed by atoms with van der Waals surface area (Å²) in [6.07, 6.45) is 0. The van der Waals surface area contributed by atoms with E-state index < -0.39 is 26.9 Å². The minimum atomic E-state index is -3.30. The highest BCUT2D eigenvalue weighted by molar-refractivity contribution is 9.10. The molecule has 2 rings (SSSR count). The molecule has 9 heteroatoms. The van der Waals surface area contributed by atoms with Gasteiger partial charge in [0.2, 0.25) is 0 Å². The molecule has 0 bridgehead atoms. The predicted octanol–water partition coefficient (Wildman–Crippen LogP) is 1.03. The van der Waals surface area contributed by atoms with Gasteiger partial charge in [-0.2, -0.15) is 0 Å². The summed E-state index contributed by atoms with van der Waals surface area (Å²) in [5.41, 5.74) is -1.35. The Hall–Kier alpha value is -1.48. The number of benzene rings is 1. The van der Waals surface area contributed by atoms with Crippen LogP contribution in [0.5, 0.6) is 0 Å². The molecule has 0 atom stereocenters. The number of rotatable bonds is 4. The molecule has 0 saturated carbocycles. The largest absolute Gasteiger partial charge is 0.328 e. The third-order valence-electron chi connectivity index (χ3n) is 3.09. The summed E-state index contributed by atoms with van der Waals surface area (Å²) in [5, 5.41) is 0.108. The quantitative estimate of drug-likeness (QED) is 0.860. The highest BCUT2D eigenvalue weighted by Crippen LogP contribution is 2.19. The van der Waals surface area contributed by atoms with Gasteiger partial charge in [-0.25, -0.2) is 17.6 Å². The molecule has 2 aromatic rings. The van der Waals surface area contributed by atoms with Gasteiger partial charge in [0.25, 0.3) is 5.56 Å².